The van der Waals surface area contributed by atoms with E-state index in [-0.39, 0.29) is 18.5 Å². The van der Waals surface area contributed by atoms with Crippen molar-refractivity contribution in [2.45, 2.75) is 43.4 Å². The van der Waals surface area contributed by atoms with Gasteiger partial charge in [-0.1, -0.05) is 0 Å². The molecular formula is C13H23N4O3. The van der Waals surface area contributed by atoms with Crippen LogP contribution in [0.5, 0.6) is 0 Å². The van der Waals surface area contributed by atoms with Crippen LogP contribution in [0.15, 0.2) is 0 Å². The van der Waals surface area contributed by atoms with E-state index >= 15 is 0 Å². The van der Waals surface area contributed by atoms with Crippen LogP contribution in [-0.2, 0) is 4.79 Å². The predicted molar refractivity (Wildman–Crippen MR) is 73.4 cm³/mol. The molecule has 2 rings (SSSR count). The number of nitrogens with zero attached hydrogens (tertiary/aromatic N) is 2. The summed E-state index contributed by atoms with van der Waals surface area (Å²) in [6.07, 6.45) is 4.57. The molecule has 3 atom stereocenters. The second-order valence-corrected chi connectivity index (χ2v) is 5.84. The number of piperidine rings is 1. The van der Waals surface area contributed by atoms with Gasteiger partial charge in [0.2, 0.25) is 5.91 Å². The van der Waals surface area contributed by atoms with Crippen LogP contribution in [0.25, 0.3) is 0 Å². The van der Waals surface area contributed by atoms with Gasteiger partial charge in [-0.15, -0.1) is 0 Å². The molecule has 2 bridgehead atoms. The van der Waals surface area contributed by atoms with Gasteiger partial charge in [0.15, 0.2) is 0 Å². The maximum absolute atomic E-state index is 11.9. The highest BCUT2D eigenvalue weighted by molar-refractivity contribution is 5.85. The van der Waals surface area contributed by atoms with Gasteiger partial charge in [-0.05, 0) is 32.1 Å². The van der Waals surface area contributed by atoms with Gasteiger partial charge in [0.25, 0.3) is 0 Å². The third-order valence-electron chi connectivity index (χ3n) is 4.53. The third kappa shape index (κ3) is 2.60. The highest BCUT2D eigenvalue weighted by atomic mass is 16.3. The molecule has 0 aromatic heterocycles. The molecule has 7 nitrogen and oxygen atoms in total. The molecule has 1 radical (unpaired) electrons. The number of fused-ring (bicyclic) bond motifs is 2. The normalized spacial score (nSPS) is 31.0. The number of β-amino-alcohol motifs (C(OH)–C–C–N with tert-alkyl or cyclic N) is 1. The zero-order chi connectivity index (χ0) is 14.9. The second-order valence-electron chi connectivity index (χ2n) is 5.84. The molecule has 2 fully saturated rings. The van der Waals surface area contributed by atoms with Crippen molar-refractivity contribution < 1.29 is 14.7 Å². The molecule has 0 aromatic rings. The van der Waals surface area contributed by atoms with Crippen molar-refractivity contribution >= 4 is 11.9 Å². The molecule has 2 aliphatic heterocycles. The van der Waals surface area contributed by atoms with Crippen molar-refractivity contribution in [1.82, 2.24) is 9.80 Å². The molecule has 20 heavy (non-hydrogen) atoms. The summed E-state index contributed by atoms with van der Waals surface area (Å²) in [5.74, 6) is -0.327. The molecule has 0 aromatic carbocycles. The highest BCUT2D eigenvalue weighted by Crippen LogP contribution is 2.43. The first-order valence-electron chi connectivity index (χ1n) is 6.94. The third-order valence-corrected chi connectivity index (χ3v) is 4.53. The Morgan fingerprint density at radius 2 is 2.25 bits per heavy atom. The fraction of sp³-hybridized carbons (Fsp3) is 0.769. The van der Waals surface area contributed by atoms with E-state index in [0.29, 0.717) is 13.0 Å². The van der Waals surface area contributed by atoms with Gasteiger partial charge >= 0.3 is 6.03 Å². The van der Waals surface area contributed by atoms with Crippen molar-refractivity contribution in [3.8, 4) is 0 Å². The van der Waals surface area contributed by atoms with E-state index < -0.39 is 17.7 Å². The fourth-order valence-corrected chi connectivity index (χ4v) is 3.41. The average Bonchev–Trinajstić information content (AvgIpc) is 2.59. The largest absolute Gasteiger partial charge is 0.390 e. The number of hydrogen-bond acceptors (Lipinski definition) is 4. The summed E-state index contributed by atoms with van der Waals surface area (Å²) >= 11 is 0. The van der Waals surface area contributed by atoms with Gasteiger partial charge in [0, 0.05) is 26.2 Å². The van der Waals surface area contributed by atoms with Crippen molar-refractivity contribution in [3.05, 3.63) is 6.42 Å². The highest BCUT2D eigenvalue weighted by Gasteiger charge is 2.52. The molecule has 0 saturated carbocycles. The minimum absolute atomic E-state index is 0.150. The smallest absolute Gasteiger partial charge is 0.314 e. The number of carbonyl (C=O) groups is 2. The number of aliphatic hydroxyl groups is 1. The summed E-state index contributed by atoms with van der Waals surface area (Å²) in [7, 11) is 1.54. The minimum Gasteiger partial charge on any atom is -0.390 e. The number of aliphatic hydroxyl groups excluding tert-OH is 1. The molecule has 2 heterocycles. The summed E-state index contributed by atoms with van der Waals surface area (Å²) in [5.41, 5.74) is 10.1. The zero-order valence-electron chi connectivity index (χ0n) is 11.8. The lowest BCUT2D eigenvalue weighted by Crippen LogP contribution is -2.60. The van der Waals surface area contributed by atoms with Crippen LogP contribution in [0.1, 0.15) is 25.7 Å². The Morgan fingerprint density at radius 1 is 1.55 bits per heavy atom. The lowest BCUT2D eigenvalue weighted by Gasteiger charge is -2.43. The molecule has 5 N–H and O–H groups in total. The maximum atomic E-state index is 11.9. The SMILES string of the molecule is CN(C[C@H](O)CN1[C@@H]2C[CH]C[C@@]1(C(N)=O)CC2)C(N)=O. The lowest BCUT2D eigenvalue weighted by atomic mass is 9.87. The number of hydrogen-bond donors (Lipinski definition) is 3. The number of primary amides is 2. The maximum Gasteiger partial charge on any atom is 0.314 e. The number of likely N-dealkylation sites (N-methyl/N-ethyl adjacent to an activating group) is 1. The van der Waals surface area contributed by atoms with E-state index in [1.54, 1.807) is 0 Å². The summed E-state index contributed by atoms with van der Waals surface area (Å²) < 4.78 is 0. The van der Waals surface area contributed by atoms with Crippen molar-refractivity contribution in [2.75, 3.05) is 20.1 Å². The Balaban J connectivity index is 2.04. The van der Waals surface area contributed by atoms with Gasteiger partial charge in [-0.2, -0.15) is 0 Å². The summed E-state index contributed by atoms with van der Waals surface area (Å²) in [6, 6.07) is -0.326. The standard InChI is InChI=1S/C13H23N4O3/c1-16(12(15)20)7-10(18)8-17-9-3-2-5-13(17,6-4-9)11(14)19/h2,9-10,18H,3-8H2,1H3,(H2,14,19)(H2,15,20)/t9-,10+,13+/m1/s1. The summed E-state index contributed by atoms with van der Waals surface area (Å²) in [4.78, 5) is 26.1. The molecule has 7 heteroatoms. The number of rotatable bonds is 5. The number of amides is 3. The molecule has 0 spiro atoms. The van der Waals surface area contributed by atoms with Gasteiger partial charge < -0.3 is 21.5 Å². The molecule has 0 aliphatic carbocycles. The van der Waals surface area contributed by atoms with Gasteiger partial charge in [0.1, 0.15) is 5.54 Å². The van der Waals surface area contributed by atoms with E-state index in [1.807, 2.05) is 4.90 Å². The van der Waals surface area contributed by atoms with Crippen molar-refractivity contribution in [2.24, 2.45) is 11.5 Å². The molecule has 3 amide bonds. The van der Waals surface area contributed by atoms with E-state index in [0.717, 1.165) is 19.3 Å². The average molecular weight is 283 g/mol. The Kier molecular flexibility index (Phi) is 4.19. The van der Waals surface area contributed by atoms with Crippen LogP contribution in [-0.4, -0.2) is 64.7 Å². The Morgan fingerprint density at radius 3 is 2.85 bits per heavy atom. The first-order valence-corrected chi connectivity index (χ1v) is 6.94. The first-order chi connectivity index (χ1) is 9.36. The van der Waals surface area contributed by atoms with E-state index in [4.69, 9.17) is 11.5 Å². The molecule has 2 aliphatic rings. The molecule has 0 unspecified atom stereocenters. The number of urea groups is 1. The van der Waals surface area contributed by atoms with Gasteiger partial charge in [0.05, 0.1) is 6.10 Å². The Labute approximate surface area is 118 Å². The van der Waals surface area contributed by atoms with Crippen molar-refractivity contribution in [3.63, 3.8) is 0 Å². The van der Waals surface area contributed by atoms with Gasteiger partial charge in [-0.3, -0.25) is 9.69 Å². The van der Waals surface area contributed by atoms with Crippen LogP contribution in [0.4, 0.5) is 4.79 Å². The first kappa shape index (κ1) is 15.1. The van der Waals surface area contributed by atoms with Gasteiger partial charge in [-0.25, -0.2) is 4.79 Å². The second kappa shape index (κ2) is 5.57. The van der Waals surface area contributed by atoms with Crippen LogP contribution < -0.4 is 11.5 Å². The fourth-order valence-electron chi connectivity index (χ4n) is 3.41. The Bertz CT molecular complexity index is 399. The summed E-state index contributed by atoms with van der Waals surface area (Å²) in [5, 5.41) is 10.1. The van der Waals surface area contributed by atoms with E-state index in [1.165, 1.54) is 11.9 Å². The Hall–Kier alpha value is -1.34. The summed E-state index contributed by atoms with van der Waals surface area (Å²) in [6.45, 7) is 0.482. The predicted octanol–water partition coefficient (Wildman–Crippen LogP) is -0.956. The van der Waals surface area contributed by atoms with Crippen LogP contribution in [0.3, 0.4) is 0 Å². The van der Waals surface area contributed by atoms with E-state index in [2.05, 4.69) is 6.42 Å². The molecular weight excluding hydrogens is 260 g/mol. The molecule has 113 valence electrons. The number of carbonyl (C=O) groups excluding carboxylic acids is 2. The quantitative estimate of drug-likeness (QED) is 0.603. The minimum atomic E-state index is -0.745. The molecule has 2 saturated heterocycles. The zero-order valence-corrected chi connectivity index (χ0v) is 11.8. The van der Waals surface area contributed by atoms with E-state index in [9.17, 15) is 14.7 Å². The van der Waals surface area contributed by atoms with Crippen molar-refractivity contribution in [1.29, 1.82) is 0 Å². The van der Waals surface area contributed by atoms with Crippen LogP contribution >= 0.6 is 0 Å². The topological polar surface area (TPSA) is 113 Å². The van der Waals surface area contributed by atoms with Crippen LogP contribution in [0, 0.1) is 6.42 Å². The monoisotopic (exact) mass is 283 g/mol. The number of nitrogens with two attached hydrogens (primary N) is 2. The lowest BCUT2D eigenvalue weighted by molar-refractivity contribution is -0.131. The van der Waals surface area contributed by atoms with Crippen LogP contribution in [0.2, 0.25) is 0 Å².